The lowest BCUT2D eigenvalue weighted by molar-refractivity contribution is 0.410. The molecule has 2 rings (SSSR count). The molecule has 0 unspecified atom stereocenters. The largest absolute Gasteiger partial charge is 0.496 e. The first kappa shape index (κ1) is 15.7. The van der Waals surface area contributed by atoms with Gasteiger partial charge in [0, 0.05) is 29.1 Å². The summed E-state index contributed by atoms with van der Waals surface area (Å²) < 4.78 is 28.4. The van der Waals surface area contributed by atoms with Crippen molar-refractivity contribution in [2.24, 2.45) is 0 Å². The van der Waals surface area contributed by atoms with Crippen LogP contribution in [0.2, 0.25) is 5.02 Å². The van der Waals surface area contributed by atoms with Crippen molar-refractivity contribution in [1.29, 1.82) is 0 Å². The number of benzene rings is 2. The van der Waals surface area contributed by atoms with E-state index in [1.54, 1.807) is 37.4 Å². The number of hydrogen-bond donors (Lipinski definition) is 1. The van der Waals surface area contributed by atoms with Gasteiger partial charge in [-0.05, 0) is 36.4 Å². The molecular weight excluding hydrogens is 310 g/mol. The Bertz CT molecular complexity index is 744. The van der Waals surface area contributed by atoms with E-state index < -0.39 is 9.84 Å². The summed E-state index contributed by atoms with van der Waals surface area (Å²) in [6, 6.07) is 12.1. The van der Waals surface area contributed by atoms with E-state index in [1.165, 1.54) is 6.26 Å². The van der Waals surface area contributed by atoms with Crippen molar-refractivity contribution in [3.8, 4) is 5.75 Å². The van der Waals surface area contributed by atoms with E-state index in [2.05, 4.69) is 5.32 Å². The SMILES string of the molecule is COc1ccc(Cl)cc1CNc1cccc(S(C)(=O)=O)c1. The van der Waals surface area contributed by atoms with Gasteiger partial charge < -0.3 is 10.1 Å². The predicted molar refractivity (Wildman–Crippen MR) is 84.9 cm³/mol. The van der Waals surface area contributed by atoms with Crippen LogP contribution in [0.3, 0.4) is 0 Å². The summed E-state index contributed by atoms with van der Waals surface area (Å²) >= 11 is 5.98. The van der Waals surface area contributed by atoms with Crippen LogP contribution < -0.4 is 10.1 Å². The quantitative estimate of drug-likeness (QED) is 0.915. The lowest BCUT2D eigenvalue weighted by Crippen LogP contribution is -2.03. The summed E-state index contributed by atoms with van der Waals surface area (Å²) in [4.78, 5) is 0.283. The number of halogens is 1. The Kier molecular flexibility index (Phi) is 4.75. The van der Waals surface area contributed by atoms with Crippen LogP contribution in [0.1, 0.15) is 5.56 Å². The van der Waals surface area contributed by atoms with Gasteiger partial charge in [-0.3, -0.25) is 0 Å². The summed E-state index contributed by atoms with van der Waals surface area (Å²) in [6.45, 7) is 0.483. The smallest absolute Gasteiger partial charge is 0.175 e. The molecule has 0 aliphatic carbocycles. The molecule has 0 aliphatic rings. The van der Waals surface area contributed by atoms with E-state index in [9.17, 15) is 8.42 Å². The van der Waals surface area contributed by atoms with Crippen LogP contribution in [-0.4, -0.2) is 21.8 Å². The normalized spacial score (nSPS) is 11.2. The average Bonchev–Trinajstić information content (AvgIpc) is 2.45. The Morgan fingerprint density at radius 3 is 2.62 bits per heavy atom. The van der Waals surface area contributed by atoms with Crippen LogP contribution in [0.4, 0.5) is 5.69 Å². The van der Waals surface area contributed by atoms with E-state index in [4.69, 9.17) is 16.3 Å². The molecule has 6 heteroatoms. The van der Waals surface area contributed by atoms with Gasteiger partial charge in [0.05, 0.1) is 12.0 Å². The molecule has 0 atom stereocenters. The minimum Gasteiger partial charge on any atom is -0.496 e. The van der Waals surface area contributed by atoms with Crippen LogP contribution >= 0.6 is 11.6 Å². The number of sulfone groups is 1. The van der Waals surface area contributed by atoms with Crippen molar-refractivity contribution in [2.45, 2.75) is 11.4 Å². The third-order valence-corrected chi connectivity index (χ3v) is 4.33. The Morgan fingerprint density at radius 1 is 1.19 bits per heavy atom. The number of rotatable bonds is 5. The fraction of sp³-hybridized carbons (Fsp3) is 0.200. The van der Waals surface area contributed by atoms with Gasteiger partial charge in [0.25, 0.3) is 0 Å². The maximum Gasteiger partial charge on any atom is 0.175 e. The van der Waals surface area contributed by atoms with Gasteiger partial charge in [0.2, 0.25) is 0 Å². The van der Waals surface area contributed by atoms with Crippen LogP contribution in [0.15, 0.2) is 47.4 Å². The second kappa shape index (κ2) is 6.37. The molecule has 0 fully saturated rings. The zero-order valence-electron chi connectivity index (χ0n) is 11.8. The topological polar surface area (TPSA) is 55.4 Å². The van der Waals surface area contributed by atoms with Crippen molar-refractivity contribution in [3.05, 3.63) is 53.1 Å². The van der Waals surface area contributed by atoms with Crippen LogP contribution in [0.25, 0.3) is 0 Å². The molecule has 0 aromatic heterocycles. The third-order valence-electron chi connectivity index (χ3n) is 2.99. The molecule has 0 aliphatic heterocycles. The Hall–Kier alpha value is -1.72. The summed E-state index contributed by atoms with van der Waals surface area (Å²) in [5.41, 5.74) is 1.62. The van der Waals surface area contributed by atoms with E-state index in [-0.39, 0.29) is 4.90 Å². The molecule has 0 amide bonds. The molecular formula is C15H16ClNO3S. The summed E-state index contributed by atoms with van der Waals surface area (Å²) in [5, 5.41) is 3.79. The molecule has 2 aromatic rings. The van der Waals surface area contributed by atoms with E-state index in [1.807, 2.05) is 12.1 Å². The van der Waals surface area contributed by atoms with Crippen molar-refractivity contribution in [3.63, 3.8) is 0 Å². The zero-order chi connectivity index (χ0) is 15.5. The fourth-order valence-electron chi connectivity index (χ4n) is 1.92. The minimum atomic E-state index is -3.21. The van der Waals surface area contributed by atoms with Crippen molar-refractivity contribution >= 4 is 27.1 Å². The molecule has 112 valence electrons. The van der Waals surface area contributed by atoms with Crippen molar-refractivity contribution in [1.82, 2.24) is 0 Å². The second-order valence-electron chi connectivity index (χ2n) is 4.61. The van der Waals surface area contributed by atoms with Gasteiger partial charge in [0.15, 0.2) is 9.84 Å². The van der Waals surface area contributed by atoms with E-state index in [0.29, 0.717) is 11.6 Å². The summed E-state index contributed by atoms with van der Waals surface area (Å²) in [5.74, 6) is 0.728. The lowest BCUT2D eigenvalue weighted by atomic mass is 10.2. The number of nitrogens with one attached hydrogen (secondary N) is 1. The highest BCUT2D eigenvalue weighted by atomic mass is 35.5. The number of anilines is 1. The monoisotopic (exact) mass is 325 g/mol. The lowest BCUT2D eigenvalue weighted by Gasteiger charge is -2.11. The highest BCUT2D eigenvalue weighted by Gasteiger charge is 2.08. The maximum atomic E-state index is 11.5. The number of hydrogen-bond acceptors (Lipinski definition) is 4. The van der Waals surface area contributed by atoms with Gasteiger partial charge >= 0.3 is 0 Å². The molecule has 0 saturated carbocycles. The molecule has 0 saturated heterocycles. The zero-order valence-corrected chi connectivity index (χ0v) is 13.3. The van der Waals surface area contributed by atoms with Crippen LogP contribution in [-0.2, 0) is 16.4 Å². The Balaban J connectivity index is 2.19. The van der Waals surface area contributed by atoms with Crippen LogP contribution in [0, 0.1) is 0 Å². The summed E-state index contributed by atoms with van der Waals surface area (Å²) in [7, 11) is -1.62. The first-order valence-corrected chi connectivity index (χ1v) is 8.53. The number of ether oxygens (including phenoxy) is 1. The van der Waals surface area contributed by atoms with E-state index in [0.717, 1.165) is 17.0 Å². The minimum absolute atomic E-state index is 0.283. The molecule has 0 radical (unpaired) electrons. The van der Waals surface area contributed by atoms with Gasteiger partial charge in [-0.25, -0.2) is 8.42 Å². The van der Waals surface area contributed by atoms with Gasteiger partial charge in [-0.2, -0.15) is 0 Å². The van der Waals surface area contributed by atoms with Gasteiger partial charge in [-0.1, -0.05) is 17.7 Å². The second-order valence-corrected chi connectivity index (χ2v) is 7.06. The van der Waals surface area contributed by atoms with Crippen molar-refractivity contribution in [2.75, 3.05) is 18.7 Å². The highest BCUT2D eigenvalue weighted by molar-refractivity contribution is 7.90. The predicted octanol–water partition coefficient (Wildman–Crippen LogP) is 3.36. The molecule has 1 N–H and O–H groups in total. The number of methoxy groups -OCH3 is 1. The third kappa shape index (κ3) is 4.12. The molecule has 2 aromatic carbocycles. The average molecular weight is 326 g/mol. The highest BCUT2D eigenvalue weighted by Crippen LogP contribution is 2.24. The fourth-order valence-corrected chi connectivity index (χ4v) is 2.78. The maximum absolute atomic E-state index is 11.5. The standard InChI is InChI=1S/C15H16ClNO3S/c1-20-15-7-6-12(16)8-11(15)10-17-13-4-3-5-14(9-13)21(2,18)19/h3-9,17H,10H2,1-2H3. The first-order chi connectivity index (χ1) is 9.90. The Morgan fingerprint density at radius 2 is 1.95 bits per heavy atom. The van der Waals surface area contributed by atoms with Crippen molar-refractivity contribution < 1.29 is 13.2 Å². The molecule has 0 bridgehead atoms. The molecule has 0 spiro atoms. The Labute approximate surface area is 129 Å². The molecule has 21 heavy (non-hydrogen) atoms. The van der Waals surface area contributed by atoms with Gasteiger partial charge in [0.1, 0.15) is 5.75 Å². The molecule has 4 nitrogen and oxygen atoms in total. The molecule has 0 heterocycles. The first-order valence-electron chi connectivity index (χ1n) is 6.26. The van der Waals surface area contributed by atoms with Gasteiger partial charge in [-0.15, -0.1) is 0 Å². The van der Waals surface area contributed by atoms with Crippen LogP contribution in [0.5, 0.6) is 5.75 Å². The van der Waals surface area contributed by atoms with E-state index >= 15 is 0 Å². The summed E-state index contributed by atoms with van der Waals surface area (Å²) in [6.07, 6.45) is 1.19.